The van der Waals surface area contributed by atoms with Crippen molar-refractivity contribution < 1.29 is 28.5 Å². The molecule has 0 atom stereocenters. The Labute approximate surface area is 180 Å². The second kappa shape index (κ2) is 8.22. The molecule has 4 rings (SSSR count). The first kappa shape index (κ1) is 20.6. The summed E-state index contributed by atoms with van der Waals surface area (Å²) in [5.74, 6) is 1.47. The van der Waals surface area contributed by atoms with Crippen LogP contribution in [0.3, 0.4) is 0 Å². The zero-order valence-electron chi connectivity index (χ0n) is 17.9. The number of methoxy groups -OCH3 is 2. The average molecular weight is 424 g/mol. The van der Waals surface area contributed by atoms with E-state index in [1.807, 2.05) is 0 Å². The molecule has 1 N–H and O–H groups in total. The zero-order chi connectivity index (χ0) is 22.1. The molecule has 0 radical (unpaired) electrons. The van der Waals surface area contributed by atoms with E-state index in [0.717, 1.165) is 0 Å². The van der Waals surface area contributed by atoms with Crippen LogP contribution in [0.2, 0.25) is 0 Å². The van der Waals surface area contributed by atoms with Crippen molar-refractivity contribution in [1.82, 2.24) is 4.90 Å². The van der Waals surface area contributed by atoms with Gasteiger partial charge in [0.05, 0.1) is 19.8 Å². The van der Waals surface area contributed by atoms with E-state index in [1.54, 1.807) is 50.2 Å². The molecule has 0 spiro atoms. The maximum absolute atomic E-state index is 13.2. The molecule has 0 aliphatic carbocycles. The van der Waals surface area contributed by atoms with Gasteiger partial charge in [0.1, 0.15) is 18.9 Å². The van der Waals surface area contributed by atoms with E-state index in [2.05, 4.69) is 5.32 Å². The van der Waals surface area contributed by atoms with Crippen molar-refractivity contribution in [3.05, 3.63) is 47.7 Å². The number of fused-ring (bicyclic) bond motifs is 1. The fourth-order valence-electron chi connectivity index (χ4n) is 3.66. The molecule has 0 bridgehead atoms. The molecule has 2 aromatic carbocycles. The van der Waals surface area contributed by atoms with E-state index in [0.29, 0.717) is 47.5 Å². The smallest absolute Gasteiger partial charge is 0.278 e. The summed E-state index contributed by atoms with van der Waals surface area (Å²) in [6.07, 6.45) is 0. The first-order chi connectivity index (χ1) is 14.9. The third-order valence-corrected chi connectivity index (χ3v) is 5.12. The number of hydrogen-bond acceptors (Lipinski definition) is 7. The topological polar surface area (TPSA) is 86.3 Å². The van der Waals surface area contributed by atoms with Gasteiger partial charge in [-0.05, 0) is 43.7 Å². The van der Waals surface area contributed by atoms with Crippen molar-refractivity contribution in [1.29, 1.82) is 0 Å². The van der Waals surface area contributed by atoms with Gasteiger partial charge in [-0.15, -0.1) is 0 Å². The molecule has 2 aliphatic heterocycles. The normalized spacial score (nSPS) is 15.6. The van der Waals surface area contributed by atoms with Gasteiger partial charge < -0.3 is 24.3 Å². The number of amides is 2. The van der Waals surface area contributed by atoms with Crippen LogP contribution in [0.15, 0.2) is 42.1 Å². The third-order valence-electron chi connectivity index (χ3n) is 5.12. The van der Waals surface area contributed by atoms with E-state index in [1.165, 1.54) is 19.1 Å². The number of anilines is 1. The molecule has 8 nitrogen and oxygen atoms in total. The Morgan fingerprint density at radius 3 is 2.29 bits per heavy atom. The van der Waals surface area contributed by atoms with Crippen LogP contribution in [-0.2, 0) is 9.59 Å². The van der Waals surface area contributed by atoms with Gasteiger partial charge >= 0.3 is 0 Å². The van der Waals surface area contributed by atoms with Crippen LogP contribution in [0.25, 0.3) is 5.57 Å². The number of rotatable bonds is 6. The highest BCUT2D eigenvalue weighted by molar-refractivity contribution is 6.36. The number of benzene rings is 2. The second-order valence-corrected chi connectivity index (χ2v) is 7.38. The number of hydrogen-bond donors (Lipinski definition) is 1. The van der Waals surface area contributed by atoms with Crippen LogP contribution < -0.4 is 24.3 Å². The first-order valence-electron chi connectivity index (χ1n) is 9.95. The molecule has 0 fully saturated rings. The maximum Gasteiger partial charge on any atom is 0.278 e. The Balaban J connectivity index is 1.79. The summed E-state index contributed by atoms with van der Waals surface area (Å²) in [6.45, 7) is 4.55. The minimum absolute atomic E-state index is 0.197. The molecular weight excluding hydrogens is 400 g/mol. The molecule has 2 aliphatic rings. The van der Waals surface area contributed by atoms with Gasteiger partial charge in [-0.1, -0.05) is 6.07 Å². The van der Waals surface area contributed by atoms with E-state index in [4.69, 9.17) is 18.9 Å². The Morgan fingerprint density at radius 2 is 1.61 bits per heavy atom. The summed E-state index contributed by atoms with van der Waals surface area (Å²) < 4.78 is 21.9. The number of nitrogens with one attached hydrogen (secondary N) is 1. The van der Waals surface area contributed by atoms with Gasteiger partial charge in [0.25, 0.3) is 11.8 Å². The minimum atomic E-state index is -0.389. The fraction of sp³-hybridized carbons (Fsp3) is 0.304. The van der Waals surface area contributed by atoms with Crippen molar-refractivity contribution in [3.8, 4) is 23.0 Å². The lowest BCUT2D eigenvalue weighted by molar-refractivity contribution is -0.138. The van der Waals surface area contributed by atoms with Gasteiger partial charge in [0.2, 0.25) is 0 Å². The van der Waals surface area contributed by atoms with Gasteiger partial charge in [-0.3, -0.25) is 14.5 Å². The predicted molar refractivity (Wildman–Crippen MR) is 115 cm³/mol. The standard InChI is InChI=1S/C23H24N2O6/c1-13(2)25-22(26)20(14-5-7-16(28-3)18(11-14)29-4)21(23(25)27)24-15-6-8-17-19(12-15)31-10-9-30-17/h5-8,11-13,24H,9-10H2,1-4H3. The van der Waals surface area contributed by atoms with E-state index in [-0.39, 0.29) is 29.1 Å². The molecule has 0 unspecified atom stereocenters. The summed E-state index contributed by atoms with van der Waals surface area (Å²) in [5.41, 5.74) is 1.64. The summed E-state index contributed by atoms with van der Waals surface area (Å²) in [5, 5.41) is 3.13. The van der Waals surface area contributed by atoms with Crippen LogP contribution in [-0.4, -0.2) is 50.2 Å². The van der Waals surface area contributed by atoms with Crippen molar-refractivity contribution in [2.45, 2.75) is 19.9 Å². The Bertz CT molecular complexity index is 1080. The van der Waals surface area contributed by atoms with Crippen LogP contribution in [0.4, 0.5) is 5.69 Å². The molecule has 0 aromatic heterocycles. The van der Waals surface area contributed by atoms with Gasteiger partial charge in [-0.2, -0.15) is 0 Å². The third kappa shape index (κ3) is 3.65. The van der Waals surface area contributed by atoms with Crippen molar-refractivity contribution in [3.63, 3.8) is 0 Å². The van der Waals surface area contributed by atoms with Crippen molar-refractivity contribution >= 4 is 23.1 Å². The van der Waals surface area contributed by atoms with E-state index < -0.39 is 0 Å². The molecule has 2 heterocycles. The summed E-state index contributed by atoms with van der Waals surface area (Å²) >= 11 is 0. The molecule has 2 amide bonds. The van der Waals surface area contributed by atoms with Gasteiger partial charge in [0.15, 0.2) is 23.0 Å². The lowest BCUT2D eigenvalue weighted by Crippen LogP contribution is -2.38. The number of imide groups is 1. The van der Waals surface area contributed by atoms with Crippen LogP contribution in [0.1, 0.15) is 19.4 Å². The predicted octanol–water partition coefficient (Wildman–Crippen LogP) is 3.08. The highest BCUT2D eigenvalue weighted by Crippen LogP contribution is 2.38. The van der Waals surface area contributed by atoms with Gasteiger partial charge in [0, 0.05) is 17.8 Å². The Morgan fingerprint density at radius 1 is 0.903 bits per heavy atom. The number of ether oxygens (including phenoxy) is 4. The van der Waals surface area contributed by atoms with Crippen molar-refractivity contribution in [2.75, 3.05) is 32.8 Å². The van der Waals surface area contributed by atoms with Crippen molar-refractivity contribution in [2.24, 2.45) is 0 Å². The quantitative estimate of drug-likeness (QED) is 0.713. The Kier molecular flexibility index (Phi) is 5.46. The van der Waals surface area contributed by atoms with E-state index >= 15 is 0 Å². The largest absolute Gasteiger partial charge is 0.493 e. The van der Waals surface area contributed by atoms with Crippen LogP contribution >= 0.6 is 0 Å². The molecule has 8 heteroatoms. The molecule has 2 aromatic rings. The molecule has 162 valence electrons. The second-order valence-electron chi connectivity index (χ2n) is 7.38. The summed E-state index contributed by atoms with van der Waals surface area (Å²) in [7, 11) is 3.06. The number of nitrogens with zero attached hydrogens (tertiary/aromatic N) is 1. The molecular formula is C23H24N2O6. The number of carbonyl (C=O) groups excluding carboxylic acids is 2. The lowest BCUT2D eigenvalue weighted by Gasteiger charge is -2.20. The maximum atomic E-state index is 13.2. The van der Waals surface area contributed by atoms with E-state index in [9.17, 15) is 9.59 Å². The molecule has 31 heavy (non-hydrogen) atoms. The molecule has 0 saturated heterocycles. The number of carbonyl (C=O) groups is 2. The summed E-state index contributed by atoms with van der Waals surface area (Å²) in [4.78, 5) is 27.7. The lowest BCUT2D eigenvalue weighted by atomic mass is 10.0. The van der Waals surface area contributed by atoms with Gasteiger partial charge in [-0.25, -0.2) is 0 Å². The first-order valence-corrected chi connectivity index (χ1v) is 9.95. The van der Waals surface area contributed by atoms with Crippen LogP contribution in [0, 0.1) is 0 Å². The zero-order valence-corrected chi connectivity index (χ0v) is 17.9. The highest BCUT2D eigenvalue weighted by Gasteiger charge is 2.41. The summed E-state index contributed by atoms with van der Waals surface area (Å²) in [6, 6.07) is 10.1. The Hall–Kier alpha value is -3.68. The molecule has 0 saturated carbocycles. The fourth-order valence-corrected chi connectivity index (χ4v) is 3.66. The average Bonchev–Trinajstić information content (AvgIpc) is 3.02. The monoisotopic (exact) mass is 424 g/mol. The SMILES string of the molecule is COc1ccc(C2=C(Nc3ccc4c(c3)OCCO4)C(=O)N(C(C)C)C2=O)cc1OC. The van der Waals surface area contributed by atoms with Crippen LogP contribution in [0.5, 0.6) is 23.0 Å². The highest BCUT2D eigenvalue weighted by atomic mass is 16.6. The minimum Gasteiger partial charge on any atom is -0.493 e.